The summed E-state index contributed by atoms with van der Waals surface area (Å²) in [5, 5.41) is 19.4. The highest BCUT2D eigenvalue weighted by Crippen LogP contribution is 2.33. The molecule has 0 saturated carbocycles. The molecular formula is C19H21ClN4O5. The molecule has 1 aromatic carbocycles. The second-order valence-corrected chi connectivity index (χ2v) is 6.74. The first-order valence-electron chi connectivity index (χ1n) is 9.16. The molecule has 0 saturated heterocycles. The van der Waals surface area contributed by atoms with Crippen molar-refractivity contribution < 1.29 is 18.5 Å². The average molecular weight is 421 g/mol. The van der Waals surface area contributed by atoms with E-state index in [2.05, 4.69) is 28.9 Å². The van der Waals surface area contributed by atoms with Gasteiger partial charge in [-0.25, -0.2) is 0 Å². The third-order valence-corrected chi connectivity index (χ3v) is 4.59. The number of hydrogen-bond donors (Lipinski definition) is 0. The number of nitro groups is 1. The Labute approximate surface area is 172 Å². The standard InChI is InChI=1S/C19H21ClN4O5/c1-4-23(5-2)11-14-7-9-17(28-14)19-22-21-18(29-19)12(3)27-16-8-6-13(20)10-15(16)24(25)26/h6-10,12H,4-5,11H2,1-3H3. The summed E-state index contributed by atoms with van der Waals surface area (Å²) >= 11 is 5.82. The highest BCUT2D eigenvalue weighted by molar-refractivity contribution is 6.30. The number of nitro benzene ring substituents is 1. The van der Waals surface area contributed by atoms with Gasteiger partial charge in [-0.15, -0.1) is 10.2 Å². The molecule has 1 unspecified atom stereocenters. The molecule has 3 aromatic rings. The van der Waals surface area contributed by atoms with Crippen molar-refractivity contribution in [3.63, 3.8) is 0 Å². The molecule has 0 aliphatic rings. The molecular weight excluding hydrogens is 400 g/mol. The minimum absolute atomic E-state index is 0.0613. The van der Waals surface area contributed by atoms with Gasteiger partial charge in [0, 0.05) is 11.1 Å². The van der Waals surface area contributed by atoms with Gasteiger partial charge in [0.1, 0.15) is 5.76 Å². The van der Waals surface area contributed by atoms with Gasteiger partial charge < -0.3 is 13.6 Å². The molecule has 2 heterocycles. The van der Waals surface area contributed by atoms with Crippen molar-refractivity contribution in [2.75, 3.05) is 13.1 Å². The van der Waals surface area contributed by atoms with E-state index in [1.165, 1.54) is 18.2 Å². The molecule has 0 radical (unpaired) electrons. The summed E-state index contributed by atoms with van der Waals surface area (Å²) in [4.78, 5) is 12.9. The average Bonchev–Trinajstić information content (AvgIpc) is 3.36. The first-order valence-corrected chi connectivity index (χ1v) is 9.54. The van der Waals surface area contributed by atoms with Crippen molar-refractivity contribution in [3.8, 4) is 17.4 Å². The maximum Gasteiger partial charge on any atom is 0.312 e. The largest absolute Gasteiger partial charge is 0.474 e. The number of benzene rings is 1. The summed E-state index contributed by atoms with van der Waals surface area (Å²) < 4.78 is 17.1. The van der Waals surface area contributed by atoms with E-state index in [0.29, 0.717) is 12.3 Å². The van der Waals surface area contributed by atoms with Crippen LogP contribution < -0.4 is 4.74 Å². The first-order chi connectivity index (χ1) is 13.9. The van der Waals surface area contributed by atoms with E-state index < -0.39 is 11.0 Å². The summed E-state index contributed by atoms with van der Waals surface area (Å²) in [6.45, 7) is 8.36. The van der Waals surface area contributed by atoms with Gasteiger partial charge in [0.25, 0.3) is 11.8 Å². The van der Waals surface area contributed by atoms with Crippen molar-refractivity contribution in [1.82, 2.24) is 15.1 Å². The van der Waals surface area contributed by atoms with Crippen LogP contribution in [0.5, 0.6) is 5.75 Å². The molecule has 0 bridgehead atoms. The minimum Gasteiger partial charge on any atom is -0.474 e. The summed E-state index contributed by atoms with van der Waals surface area (Å²) in [7, 11) is 0. The van der Waals surface area contributed by atoms with Gasteiger partial charge in [0.05, 0.1) is 11.5 Å². The van der Waals surface area contributed by atoms with Crippen molar-refractivity contribution in [3.05, 3.63) is 57.1 Å². The molecule has 0 amide bonds. The van der Waals surface area contributed by atoms with Crippen LogP contribution in [0.4, 0.5) is 5.69 Å². The van der Waals surface area contributed by atoms with E-state index in [1.807, 2.05) is 6.07 Å². The van der Waals surface area contributed by atoms with Crippen molar-refractivity contribution in [2.45, 2.75) is 33.4 Å². The number of nitrogens with zero attached hydrogens (tertiary/aromatic N) is 4. The second-order valence-electron chi connectivity index (χ2n) is 6.30. The fourth-order valence-corrected chi connectivity index (χ4v) is 2.88. The lowest BCUT2D eigenvalue weighted by Crippen LogP contribution is -2.21. The van der Waals surface area contributed by atoms with Gasteiger partial charge in [0.2, 0.25) is 0 Å². The lowest BCUT2D eigenvalue weighted by Gasteiger charge is -2.15. The van der Waals surface area contributed by atoms with E-state index in [4.69, 9.17) is 25.2 Å². The van der Waals surface area contributed by atoms with E-state index >= 15 is 0 Å². The topological polar surface area (TPSA) is 108 Å². The number of furan rings is 1. The van der Waals surface area contributed by atoms with Crippen molar-refractivity contribution in [2.24, 2.45) is 0 Å². The third-order valence-electron chi connectivity index (χ3n) is 4.36. The summed E-state index contributed by atoms with van der Waals surface area (Å²) in [6.07, 6.45) is -0.707. The molecule has 0 spiro atoms. The Morgan fingerprint density at radius 1 is 1.21 bits per heavy atom. The van der Waals surface area contributed by atoms with Crippen LogP contribution in [0.25, 0.3) is 11.7 Å². The normalized spacial score (nSPS) is 12.3. The van der Waals surface area contributed by atoms with Crippen molar-refractivity contribution in [1.29, 1.82) is 0 Å². The van der Waals surface area contributed by atoms with Gasteiger partial charge in [0.15, 0.2) is 17.6 Å². The van der Waals surface area contributed by atoms with Gasteiger partial charge in [-0.2, -0.15) is 0 Å². The zero-order valence-electron chi connectivity index (χ0n) is 16.3. The van der Waals surface area contributed by atoms with Crippen LogP contribution >= 0.6 is 11.6 Å². The summed E-state index contributed by atoms with van der Waals surface area (Å²) in [5.41, 5.74) is -0.240. The molecule has 10 heteroatoms. The Morgan fingerprint density at radius 3 is 2.66 bits per heavy atom. The molecule has 29 heavy (non-hydrogen) atoms. The summed E-state index contributed by atoms with van der Waals surface area (Å²) in [5.74, 6) is 1.70. The number of rotatable bonds is 9. The lowest BCUT2D eigenvalue weighted by molar-refractivity contribution is -0.386. The zero-order valence-corrected chi connectivity index (χ0v) is 17.0. The first kappa shape index (κ1) is 20.8. The van der Waals surface area contributed by atoms with Crippen LogP contribution in [-0.4, -0.2) is 33.1 Å². The van der Waals surface area contributed by atoms with E-state index in [9.17, 15) is 10.1 Å². The molecule has 0 N–H and O–H groups in total. The van der Waals surface area contributed by atoms with E-state index in [0.717, 1.165) is 18.8 Å². The smallest absolute Gasteiger partial charge is 0.312 e. The predicted molar refractivity (Wildman–Crippen MR) is 106 cm³/mol. The molecule has 2 aromatic heterocycles. The van der Waals surface area contributed by atoms with E-state index in [1.54, 1.807) is 13.0 Å². The Kier molecular flexibility index (Phi) is 6.50. The highest BCUT2D eigenvalue weighted by Gasteiger charge is 2.23. The molecule has 9 nitrogen and oxygen atoms in total. The Morgan fingerprint density at radius 2 is 1.97 bits per heavy atom. The second kappa shape index (κ2) is 9.06. The number of ether oxygens (including phenoxy) is 1. The number of hydrogen-bond acceptors (Lipinski definition) is 8. The maximum absolute atomic E-state index is 11.2. The molecule has 0 fully saturated rings. The lowest BCUT2D eigenvalue weighted by atomic mass is 10.3. The third kappa shape index (κ3) is 4.93. The Hall–Kier alpha value is -2.91. The van der Waals surface area contributed by atoms with Crippen LogP contribution in [0.2, 0.25) is 5.02 Å². The Bertz CT molecular complexity index is 983. The highest BCUT2D eigenvalue weighted by atomic mass is 35.5. The monoisotopic (exact) mass is 420 g/mol. The van der Waals surface area contributed by atoms with Gasteiger partial charge in [-0.3, -0.25) is 15.0 Å². The van der Waals surface area contributed by atoms with Gasteiger partial charge >= 0.3 is 5.69 Å². The fourth-order valence-electron chi connectivity index (χ4n) is 2.72. The van der Waals surface area contributed by atoms with Gasteiger partial charge in [-0.1, -0.05) is 25.4 Å². The molecule has 1 atom stereocenters. The van der Waals surface area contributed by atoms with Crippen LogP contribution in [0, 0.1) is 10.1 Å². The molecule has 154 valence electrons. The molecule has 0 aliphatic heterocycles. The number of aromatic nitrogens is 2. The van der Waals surface area contributed by atoms with E-state index in [-0.39, 0.29) is 28.2 Å². The van der Waals surface area contributed by atoms with Crippen LogP contribution in [0.1, 0.15) is 38.5 Å². The van der Waals surface area contributed by atoms with Crippen LogP contribution in [0.3, 0.4) is 0 Å². The summed E-state index contributed by atoms with van der Waals surface area (Å²) in [6, 6.07) is 7.81. The minimum atomic E-state index is -0.707. The fraction of sp³-hybridized carbons (Fsp3) is 0.368. The van der Waals surface area contributed by atoms with Crippen molar-refractivity contribution >= 4 is 17.3 Å². The maximum atomic E-state index is 11.2. The molecule has 0 aliphatic carbocycles. The molecule has 3 rings (SSSR count). The number of halogens is 1. The van der Waals surface area contributed by atoms with Crippen LogP contribution in [0.15, 0.2) is 39.2 Å². The van der Waals surface area contributed by atoms with Gasteiger partial charge in [-0.05, 0) is 44.3 Å². The van der Waals surface area contributed by atoms with Crippen LogP contribution in [-0.2, 0) is 6.54 Å². The quantitative estimate of drug-likeness (QED) is 0.356. The predicted octanol–water partition coefficient (Wildman–Crippen LogP) is 4.87. The zero-order chi connectivity index (χ0) is 21.0. The SMILES string of the molecule is CCN(CC)Cc1ccc(-c2nnc(C(C)Oc3ccc(Cl)cc3[N+](=O)[O-])o2)o1. The Balaban J connectivity index is 1.73.